The Bertz CT molecular complexity index is 507. The molecule has 0 aromatic carbocycles. The molecule has 214 valence electrons. The first kappa shape index (κ1) is 33.2. The largest absolute Gasteiger partial charge is 0.463 e. The fraction of sp³-hybridized carbons (Fsp3) is 0.962. The third kappa shape index (κ3) is 15.4. The maximum Gasteiger partial charge on any atom is 0.305 e. The Morgan fingerprint density at radius 2 is 1.47 bits per heavy atom. The van der Waals surface area contributed by atoms with E-state index in [4.69, 9.17) is 38.6 Å². The Morgan fingerprint density at radius 1 is 0.833 bits per heavy atom. The lowest BCUT2D eigenvalue weighted by atomic mass is 10.1. The first-order chi connectivity index (χ1) is 17.7. The lowest BCUT2D eigenvalue weighted by Crippen LogP contribution is -2.45. The van der Waals surface area contributed by atoms with Crippen LogP contribution in [0.4, 0.5) is 0 Å². The Kier molecular flexibility index (Phi) is 21.5. The summed E-state index contributed by atoms with van der Waals surface area (Å²) in [6.45, 7) is 2.88. The van der Waals surface area contributed by atoms with Gasteiger partial charge in [0.1, 0.15) is 31.0 Å². The number of rotatable bonds is 25. The number of aliphatic hydroxyl groups is 3. The average Bonchev–Trinajstić information content (AvgIpc) is 3.29. The van der Waals surface area contributed by atoms with Gasteiger partial charge in [0.25, 0.3) is 0 Å². The number of unbranched alkanes of at least 4 members (excludes halogenated alkanes) is 8. The van der Waals surface area contributed by atoms with Crippen molar-refractivity contribution in [3.63, 3.8) is 0 Å². The second-order valence-corrected chi connectivity index (χ2v) is 9.00. The Labute approximate surface area is 216 Å². The van der Waals surface area contributed by atoms with Gasteiger partial charge in [-0.25, -0.2) is 0 Å². The predicted octanol–water partition coefficient (Wildman–Crippen LogP) is 2.00. The highest BCUT2D eigenvalue weighted by Crippen LogP contribution is 2.25. The van der Waals surface area contributed by atoms with Crippen molar-refractivity contribution >= 4 is 5.97 Å². The van der Waals surface area contributed by atoms with Gasteiger partial charge < -0.3 is 43.7 Å². The Hall–Kier alpha value is -0.850. The van der Waals surface area contributed by atoms with Gasteiger partial charge >= 0.3 is 5.97 Å². The molecule has 0 unspecified atom stereocenters. The van der Waals surface area contributed by atoms with Crippen LogP contribution in [0.2, 0.25) is 0 Å². The van der Waals surface area contributed by atoms with E-state index >= 15 is 0 Å². The van der Waals surface area contributed by atoms with Crippen molar-refractivity contribution in [2.24, 2.45) is 0 Å². The molecule has 0 spiro atoms. The van der Waals surface area contributed by atoms with Crippen molar-refractivity contribution in [2.75, 3.05) is 66.1 Å². The number of aliphatic hydroxyl groups excluding tert-OH is 3. The Morgan fingerprint density at radius 3 is 2.14 bits per heavy atom. The predicted molar refractivity (Wildman–Crippen MR) is 134 cm³/mol. The van der Waals surface area contributed by atoms with Crippen LogP contribution in [0.5, 0.6) is 0 Å². The van der Waals surface area contributed by atoms with Gasteiger partial charge in [-0.3, -0.25) is 4.79 Å². The quantitative estimate of drug-likeness (QED) is 0.121. The van der Waals surface area contributed by atoms with Gasteiger partial charge in [0.2, 0.25) is 0 Å². The van der Waals surface area contributed by atoms with Crippen molar-refractivity contribution in [1.82, 2.24) is 0 Å². The molecule has 0 aromatic heterocycles. The molecule has 0 aliphatic carbocycles. The first-order valence-corrected chi connectivity index (χ1v) is 13.7. The van der Waals surface area contributed by atoms with Gasteiger partial charge in [0.15, 0.2) is 0 Å². The third-order valence-electron chi connectivity index (χ3n) is 6.01. The highest BCUT2D eigenvalue weighted by Gasteiger charge is 2.44. The molecule has 1 aliphatic heterocycles. The van der Waals surface area contributed by atoms with E-state index in [0.29, 0.717) is 6.42 Å². The van der Waals surface area contributed by atoms with Crippen molar-refractivity contribution in [3.8, 4) is 0 Å². The van der Waals surface area contributed by atoms with Crippen LogP contribution >= 0.6 is 0 Å². The molecule has 0 bridgehead atoms. The maximum absolute atomic E-state index is 11.9. The highest BCUT2D eigenvalue weighted by atomic mass is 16.6. The summed E-state index contributed by atoms with van der Waals surface area (Å²) >= 11 is 0. The molecule has 3 N–H and O–H groups in total. The van der Waals surface area contributed by atoms with E-state index in [9.17, 15) is 9.90 Å². The molecule has 36 heavy (non-hydrogen) atoms. The standard InChI is InChI=1S/C26H50O10/c1-2-3-4-5-6-7-8-9-10-11-24(30)34-19-18-31-20-22(32-15-12-27)26-25(35-17-14-29)23(21-36-26)33-16-13-28/h22-23,25-29H,2-21H2,1H3/t22-,23-,25-,26-/m0/s1. The molecule has 0 amide bonds. The van der Waals surface area contributed by atoms with Crippen LogP contribution in [0.15, 0.2) is 0 Å². The molecular weight excluding hydrogens is 472 g/mol. The third-order valence-corrected chi connectivity index (χ3v) is 6.01. The van der Waals surface area contributed by atoms with Crippen LogP contribution < -0.4 is 0 Å². The molecule has 0 saturated carbocycles. The van der Waals surface area contributed by atoms with Crippen molar-refractivity contribution < 1.29 is 48.5 Å². The zero-order valence-electron chi connectivity index (χ0n) is 22.2. The molecule has 1 heterocycles. The van der Waals surface area contributed by atoms with E-state index in [-0.39, 0.29) is 72.0 Å². The second kappa shape index (κ2) is 23.3. The topological polar surface area (TPSA) is 133 Å². The molecule has 10 nitrogen and oxygen atoms in total. The van der Waals surface area contributed by atoms with Gasteiger partial charge in [0, 0.05) is 6.42 Å². The van der Waals surface area contributed by atoms with Crippen molar-refractivity contribution in [2.45, 2.75) is 95.5 Å². The molecule has 4 atom stereocenters. The number of esters is 1. The van der Waals surface area contributed by atoms with E-state index < -0.39 is 24.4 Å². The van der Waals surface area contributed by atoms with Gasteiger partial charge in [-0.15, -0.1) is 0 Å². The van der Waals surface area contributed by atoms with Crippen molar-refractivity contribution in [3.05, 3.63) is 0 Å². The zero-order chi connectivity index (χ0) is 26.3. The van der Waals surface area contributed by atoms with Gasteiger partial charge in [-0.1, -0.05) is 58.3 Å². The monoisotopic (exact) mass is 522 g/mol. The smallest absolute Gasteiger partial charge is 0.305 e. The molecule has 0 aromatic rings. The first-order valence-electron chi connectivity index (χ1n) is 13.7. The Balaban J connectivity index is 2.27. The lowest BCUT2D eigenvalue weighted by Gasteiger charge is -2.29. The van der Waals surface area contributed by atoms with Crippen LogP contribution in [0.3, 0.4) is 0 Å². The van der Waals surface area contributed by atoms with E-state index in [1.54, 1.807) is 0 Å². The van der Waals surface area contributed by atoms with E-state index in [0.717, 1.165) is 19.3 Å². The molecule has 0 radical (unpaired) electrons. The molecule has 1 aliphatic rings. The van der Waals surface area contributed by atoms with Gasteiger partial charge in [-0.2, -0.15) is 0 Å². The van der Waals surface area contributed by atoms with Crippen LogP contribution in [0.25, 0.3) is 0 Å². The fourth-order valence-electron chi connectivity index (χ4n) is 4.17. The highest BCUT2D eigenvalue weighted by molar-refractivity contribution is 5.69. The molecule has 1 rings (SSSR count). The minimum Gasteiger partial charge on any atom is -0.463 e. The van der Waals surface area contributed by atoms with Crippen LogP contribution in [0, 0.1) is 0 Å². The van der Waals surface area contributed by atoms with Crippen LogP contribution in [-0.4, -0.2) is 112 Å². The summed E-state index contributed by atoms with van der Waals surface area (Å²) in [7, 11) is 0. The van der Waals surface area contributed by atoms with Crippen LogP contribution in [-0.2, 0) is 33.2 Å². The summed E-state index contributed by atoms with van der Waals surface area (Å²) in [6, 6.07) is 0. The van der Waals surface area contributed by atoms with Crippen LogP contribution in [0.1, 0.15) is 71.1 Å². The number of ether oxygens (including phenoxy) is 6. The minimum atomic E-state index is -0.554. The summed E-state index contributed by atoms with van der Waals surface area (Å²) in [5.41, 5.74) is 0. The maximum atomic E-state index is 11.9. The summed E-state index contributed by atoms with van der Waals surface area (Å²) in [5.74, 6) is -0.213. The fourth-order valence-corrected chi connectivity index (χ4v) is 4.17. The number of hydrogen-bond donors (Lipinski definition) is 3. The van der Waals surface area contributed by atoms with E-state index in [1.165, 1.54) is 38.5 Å². The van der Waals surface area contributed by atoms with Gasteiger partial charge in [-0.05, 0) is 6.42 Å². The molecule has 1 fully saturated rings. The SMILES string of the molecule is CCCCCCCCCCCC(=O)OCCOC[C@H](OCCO)[C@@H]1OC[C@H](OCCO)[C@@H]1OCCO. The summed E-state index contributed by atoms with van der Waals surface area (Å²) < 4.78 is 33.8. The summed E-state index contributed by atoms with van der Waals surface area (Å²) in [5, 5.41) is 27.4. The molecular formula is C26H50O10. The number of carbonyl (C=O) groups excluding carboxylic acids is 1. The normalized spacial score (nSPS) is 20.6. The average molecular weight is 523 g/mol. The molecule has 10 heteroatoms. The van der Waals surface area contributed by atoms with Gasteiger partial charge in [0.05, 0.1) is 59.5 Å². The molecule has 1 saturated heterocycles. The van der Waals surface area contributed by atoms with E-state index in [2.05, 4.69) is 6.92 Å². The summed E-state index contributed by atoms with van der Waals surface area (Å²) in [4.78, 5) is 11.9. The minimum absolute atomic E-state index is 0.0937. The lowest BCUT2D eigenvalue weighted by molar-refractivity contribution is -0.149. The number of carbonyl (C=O) groups is 1. The van der Waals surface area contributed by atoms with Crippen molar-refractivity contribution in [1.29, 1.82) is 0 Å². The number of hydrogen-bond acceptors (Lipinski definition) is 10. The summed E-state index contributed by atoms with van der Waals surface area (Å²) in [6.07, 6.45) is 9.17. The zero-order valence-corrected chi connectivity index (χ0v) is 22.2. The second-order valence-electron chi connectivity index (χ2n) is 9.00. The van der Waals surface area contributed by atoms with E-state index in [1.807, 2.05) is 0 Å².